The molecular weight excluding hydrogens is 268 g/mol. The highest BCUT2D eigenvalue weighted by molar-refractivity contribution is 5.88. The lowest BCUT2D eigenvalue weighted by atomic mass is 10.0. The van der Waals surface area contributed by atoms with E-state index in [4.69, 9.17) is 9.47 Å². The number of aromatic nitrogens is 2. The van der Waals surface area contributed by atoms with Crippen LogP contribution in [0, 0.1) is 0 Å². The van der Waals surface area contributed by atoms with Gasteiger partial charge in [-0.05, 0) is 18.6 Å². The molecular formula is C16H18N2O3. The van der Waals surface area contributed by atoms with Crippen LogP contribution in [0.25, 0.3) is 0 Å². The molecule has 2 aromatic rings. The number of H-pyrrole nitrogens is 1. The molecule has 0 aliphatic heterocycles. The third-order valence-corrected chi connectivity index (χ3v) is 2.90. The van der Waals surface area contributed by atoms with Gasteiger partial charge in [-0.2, -0.15) is 5.10 Å². The predicted molar refractivity (Wildman–Crippen MR) is 79.5 cm³/mol. The zero-order valence-corrected chi connectivity index (χ0v) is 12.0. The van der Waals surface area contributed by atoms with Crippen molar-refractivity contribution in [1.82, 2.24) is 10.2 Å². The average Bonchev–Trinajstić information content (AvgIpc) is 2.95. The monoisotopic (exact) mass is 286 g/mol. The predicted octanol–water partition coefficient (Wildman–Crippen LogP) is 2.74. The Hall–Kier alpha value is -2.56. The van der Waals surface area contributed by atoms with Gasteiger partial charge in [0.25, 0.3) is 0 Å². The summed E-state index contributed by atoms with van der Waals surface area (Å²) >= 11 is 0. The Morgan fingerprint density at radius 3 is 2.95 bits per heavy atom. The molecule has 0 aliphatic rings. The second kappa shape index (κ2) is 7.28. The lowest BCUT2D eigenvalue weighted by molar-refractivity contribution is 0.0518. The van der Waals surface area contributed by atoms with E-state index >= 15 is 0 Å². The third kappa shape index (κ3) is 3.72. The van der Waals surface area contributed by atoms with Gasteiger partial charge in [0.15, 0.2) is 5.69 Å². The first-order valence-electron chi connectivity index (χ1n) is 6.77. The second-order valence-electron chi connectivity index (χ2n) is 4.36. The molecule has 0 amide bonds. The molecule has 0 radical (unpaired) electrons. The van der Waals surface area contributed by atoms with Crippen molar-refractivity contribution in [3.8, 4) is 5.75 Å². The van der Waals surface area contributed by atoms with E-state index in [1.165, 1.54) is 0 Å². The Morgan fingerprint density at radius 2 is 2.19 bits per heavy atom. The van der Waals surface area contributed by atoms with Gasteiger partial charge < -0.3 is 9.47 Å². The number of nitrogens with one attached hydrogen (secondary N) is 1. The van der Waals surface area contributed by atoms with Crippen LogP contribution in [0.5, 0.6) is 5.75 Å². The second-order valence-corrected chi connectivity index (χ2v) is 4.36. The molecule has 5 nitrogen and oxygen atoms in total. The molecule has 5 heteroatoms. The fourth-order valence-electron chi connectivity index (χ4n) is 1.97. The number of nitrogens with zero attached hydrogens (tertiary/aromatic N) is 1. The maximum atomic E-state index is 11.8. The van der Waals surface area contributed by atoms with Gasteiger partial charge in [0, 0.05) is 18.2 Å². The number of para-hydroxylation sites is 1. The van der Waals surface area contributed by atoms with Crippen molar-refractivity contribution in [2.24, 2.45) is 0 Å². The molecule has 0 fully saturated rings. The van der Waals surface area contributed by atoms with Gasteiger partial charge in [-0.1, -0.05) is 30.9 Å². The number of hydrogen-bond donors (Lipinski definition) is 1. The van der Waals surface area contributed by atoms with Crippen molar-refractivity contribution >= 4 is 5.97 Å². The van der Waals surface area contributed by atoms with Gasteiger partial charge in [-0.3, -0.25) is 5.10 Å². The molecule has 0 unspecified atom stereocenters. The van der Waals surface area contributed by atoms with E-state index < -0.39 is 5.97 Å². The molecule has 2 rings (SSSR count). The molecule has 0 spiro atoms. The van der Waals surface area contributed by atoms with E-state index in [0.29, 0.717) is 25.3 Å². The number of carbonyl (C=O) groups excluding carboxylic acids is 1. The smallest absolute Gasteiger partial charge is 0.359 e. The van der Waals surface area contributed by atoms with Crippen LogP contribution < -0.4 is 4.74 Å². The first kappa shape index (κ1) is 14.8. The summed E-state index contributed by atoms with van der Waals surface area (Å²) in [6, 6.07) is 7.69. The van der Waals surface area contributed by atoms with Gasteiger partial charge in [-0.25, -0.2) is 4.79 Å². The number of benzene rings is 1. The van der Waals surface area contributed by atoms with Crippen molar-refractivity contribution in [3.63, 3.8) is 0 Å². The van der Waals surface area contributed by atoms with Gasteiger partial charge in [-0.15, -0.1) is 0 Å². The topological polar surface area (TPSA) is 64.2 Å². The van der Waals surface area contributed by atoms with Crippen LogP contribution in [-0.2, 0) is 11.2 Å². The van der Waals surface area contributed by atoms with Gasteiger partial charge in [0.1, 0.15) is 12.4 Å². The fraction of sp³-hybridized carbons (Fsp3) is 0.250. The van der Waals surface area contributed by atoms with Crippen molar-refractivity contribution in [2.75, 3.05) is 13.2 Å². The molecule has 0 saturated carbocycles. The molecule has 110 valence electrons. The van der Waals surface area contributed by atoms with Crippen LogP contribution in [0.4, 0.5) is 0 Å². The first-order chi connectivity index (χ1) is 10.3. The van der Waals surface area contributed by atoms with E-state index in [1.807, 2.05) is 24.3 Å². The Balaban J connectivity index is 2.21. The molecule has 1 N–H and O–H groups in total. The number of esters is 1. The molecule has 0 bridgehead atoms. The fourth-order valence-corrected chi connectivity index (χ4v) is 1.97. The standard InChI is InChI=1S/C16H18N2O3/c1-3-9-21-14-8-6-5-7-12(14)10-13-11-17-18-15(13)16(19)20-4-2/h3,5-8,11H,1,4,9-10H2,2H3,(H,17,18). The maximum Gasteiger partial charge on any atom is 0.359 e. The van der Waals surface area contributed by atoms with Crippen LogP contribution in [0.2, 0.25) is 0 Å². The highest BCUT2D eigenvalue weighted by Gasteiger charge is 2.17. The molecule has 1 aromatic carbocycles. The van der Waals surface area contributed by atoms with Gasteiger partial charge in [0.2, 0.25) is 0 Å². The minimum Gasteiger partial charge on any atom is -0.489 e. The van der Waals surface area contributed by atoms with Crippen LogP contribution >= 0.6 is 0 Å². The van der Waals surface area contributed by atoms with Crippen molar-refractivity contribution in [1.29, 1.82) is 0 Å². The molecule has 21 heavy (non-hydrogen) atoms. The van der Waals surface area contributed by atoms with Crippen LogP contribution in [-0.4, -0.2) is 29.4 Å². The average molecular weight is 286 g/mol. The molecule has 1 aromatic heterocycles. The third-order valence-electron chi connectivity index (χ3n) is 2.90. The molecule has 0 aliphatic carbocycles. The number of carbonyl (C=O) groups is 1. The largest absolute Gasteiger partial charge is 0.489 e. The summed E-state index contributed by atoms with van der Waals surface area (Å²) in [5.74, 6) is 0.353. The van der Waals surface area contributed by atoms with Crippen LogP contribution in [0.15, 0.2) is 43.1 Å². The van der Waals surface area contributed by atoms with Crippen LogP contribution in [0.1, 0.15) is 28.5 Å². The SMILES string of the molecule is C=CCOc1ccccc1Cc1c[nH]nc1C(=O)OCC. The summed E-state index contributed by atoms with van der Waals surface area (Å²) in [6.45, 7) is 6.17. The van der Waals surface area contributed by atoms with Crippen molar-refractivity contribution in [3.05, 3.63) is 59.9 Å². The summed E-state index contributed by atoms with van der Waals surface area (Å²) in [6.07, 6.45) is 3.94. The first-order valence-corrected chi connectivity index (χ1v) is 6.77. The molecule has 0 saturated heterocycles. The lowest BCUT2D eigenvalue weighted by Crippen LogP contribution is -2.08. The summed E-state index contributed by atoms with van der Waals surface area (Å²) < 4.78 is 10.6. The van der Waals surface area contributed by atoms with E-state index in [2.05, 4.69) is 16.8 Å². The zero-order valence-electron chi connectivity index (χ0n) is 12.0. The normalized spacial score (nSPS) is 10.1. The number of rotatable bonds is 7. The minimum absolute atomic E-state index is 0.315. The Bertz CT molecular complexity index is 619. The summed E-state index contributed by atoms with van der Waals surface area (Å²) in [5.41, 5.74) is 2.07. The Kier molecular flexibility index (Phi) is 5.15. The van der Waals surface area contributed by atoms with E-state index in [9.17, 15) is 4.79 Å². The van der Waals surface area contributed by atoms with Gasteiger partial charge >= 0.3 is 5.97 Å². The van der Waals surface area contributed by atoms with Crippen molar-refractivity contribution in [2.45, 2.75) is 13.3 Å². The van der Waals surface area contributed by atoms with Gasteiger partial charge in [0.05, 0.1) is 6.61 Å². The maximum absolute atomic E-state index is 11.8. The highest BCUT2D eigenvalue weighted by atomic mass is 16.5. The Morgan fingerprint density at radius 1 is 1.38 bits per heavy atom. The lowest BCUT2D eigenvalue weighted by Gasteiger charge is -2.09. The molecule has 0 atom stereocenters. The molecule has 1 heterocycles. The van der Waals surface area contributed by atoms with Crippen molar-refractivity contribution < 1.29 is 14.3 Å². The Labute approximate surface area is 123 Å². The summed E-state index contributed by atoms with van der Waals surface area (Å²) in [4.78, 5) is 11.8. The van der Waals surface area contributed by atoms with Crippen LogP contribution in [0.3, 0.4) is 0 Å². The summed E-state index contributed by atoms with van der Waals surface area (Å²) in [7, 11) is 0. The van der Waals surface area contributed by atoms with E-state index in [0.717, 1.165) is 16.9 Å². The minimum atomic E-state index is -0.418. The number of aromatic amines is 1. The number of hydrogen-bond acceptors (Lipinski definition) is 4. The summed E-state index contributed by atoms with van der Waals surface area (Å²) in [5, 5.41) is 6.68. The highest BCUT2D eigenvalue weighted by Crippen LogP contribution is 2.22. The quantitative estimate of drug-likeness (QED) is 0.628. The zero-order chi connectivity index (χ0) is 15.1. The number of ether oxygens (including phenoxy) is 2. The van der Waals surface area contributed by atoms with E-state index in [1.54, 1.807) is 19.2 Å². The van der Waals surface area contributed by atoms with E-state index in [-0.39, 0.29) is 0 Å².